The molecule has 6 heteroatoms. The fourth-order valence-corrected chi connectivity index (χ4v) is 1.89. The quantitative estimate of drug-likeness (QED) is 0.778. The zero-order valence-corrected chi connectivity index (χ0v) is 11.3. The van der Waals surface area contributed by atoms with Gasteiger partial charge in [-0.25, -0.2) is 4.98 Å². The van der Waals surface area contributed by atoms with Gasteiger partial charge < -0.3 is 14.6 Å². The minimum Gasteiger partial charge on any atom is -0.469 e. The van der Waals surface area contributed by atoms with Crippen LogP contribution in [0.25, 0.3) is 0 Å². The zero-order chi connectivity index (χ0) is 13.8. The number of carbonyl (C=O) groups excluding carboxylic acids is 1. The first kappa shape index (κ1) is 13.6. The minimum absolute atomic E-state index is 0.119. The topological polar surface area (TPSA) is 75.3 Å². The smallest absolute Gasteiger partial charge is 0.305 e. The lowest BCUT2D eigenvalue weighted by molar-refractivity contribution is -0.140. The summed E-state index contributed by atoms with van der Waals surface area (Å²) >= 11 is 0. The van der Waals surface area contributed by atoms with E-state index in [9.17, 15) is 9.59 Å². The van der Waals surface area contributed by atoms with Gasteiger partial charge in [0.05, 0.1) is 7.11 Å². The van der Waals surface area contributed by atoms with Crippen molar-refractivity contribution in [2.24, 2.45) is 0 Å². The molecule has 1 aliphatic carbocycles. The number of H-pyrrole nitrogens is 1. The summed E-state index contributed by atoms with van der Waals surface area (Å²) in [6, 6.07) is 1.49. The van der Waals surface area contributed by atoms with Gasteiger partial charge in [-0.1, -0.05) is 0 Å². The number of ether oxygens (including phenoxy) is 1. The molecule has 0 atom stereocenters. The van der Waals surface area contributed by atoms with Crippen LogP contribution in [0, 0.1) is 0 Å². The first-order valence-electron chi connectivity index (χ1n) is 6.49. The standard InChI is InChI=1S/C13H19N3O3/c1-16(7-3-4-12(18)19-2)10-8-11(17)15-13(14-10)9-5-6-9/h8-9H,3-7H2,1-2H3,(H,14,15,17). The van der Waals surface area contributed by atoms with Crippen molar-refractivity contribution in [1.29, 1.82) is 0 Å². The monoisotopic (exact) mass is 265 g/mol. The van der Waals surface area contributed by atoms with Crippen molar-refractivity contribution in [1.82, 2.24) is 9.97 Å². The summed E-state index contributed by atoms with van der Waals surface area (Å²) in [7, 11) is 3.25. The van der Waals surface area contributed by atoms with E-state index >= 15 is 0 Å². The number of esters is 1. The highest BCUT2D eigenvalue weighted by molar-refractivity contribution is 5.69. The summed E-state index contributed by atoms with van der Waals surface area (Å²) in [5.74, 6) is 1.64. The Morgan fingerprint density at radius 2 is 2.32 bits per heavy atom. The highest BCUT2D eigenvalue weighted by atomic mass is 16.5. The molecule has 19 heavy (non-hydrogen) atoms. The number of aromatic amines is 1. The Balaban J connectivity index is 1.96. The molecule has 0 radical (unpaired) electrons. The van der Waals surface area contributed by atoms with E-state index in [1.807, 2.05) is 11.9 Å². The number of hydrogen-bond donors (Lipinski definition) is 1. The molecular weight excluding hydrogens is 246 g/mol. The normalized spacial score (nSPS) is 14.2. The number of nitrogens with zero attached hydrogens (tertiary/aromatic N) is 2. The molecule has 0 aliphatic heterocycles. The van der Waals surface area contributed by atoms with Gasteiger partial charge in [-0.15, -0.1) is 0 Å². The predicted octanol–water partition coefficient (Wildman–Crippen LogP) is 1.04. The fourth-order valence-electron chi connectivity index (χ4n) is 1.89. The van der Waals surface area contributed by atoms with Crippen LogP contribution in [0.15, 0.2) is 10.9 Å². The van der Waals surface area contributed by atoms with Gasteiger partial charge >= 0.3 is 5.97 Å². The lowest BCUT2D eigenvalue weighted by Crippen LogP contribution is -2.24. The van der Waals surface area contributed by atoms with Gasteiger partial charge in [0.2, 0.25) is 0 Å². The summed E-state index contributed by atoms with van der Waals surface area (Å²) in [6.45, 7) is 0.662. The third-order valence-electron chi connectivity index (χ3n) is 3.20. The van der Waals surface area contributed by atoms with E-state index in [0.29, 0.717) is 31.1 Å². The molecule has 6 nitrogen and oxygen atoms in total. The zero-order valence-electron chi connectivity index (χ0n) is 11.3. The Bertz CT molecular complexity index is 508. The molecule has 1 heterocycles. The van der Waals surface area contributed by atoms with E-state index in [2.05, 4.69) is 14.7 Å². The molecule has 0 amide bonds. The van der Waals surface area contributed by atoms with Crippen molar-refractivity contribution in [2.75, 3.05) is 25.6 Å². The second kappa shape index (κ2) is 5.86. The lowest BCUT2D eigenvalue weighted by Gasteiger charge is -2.18. The molecule has 1 aromatic rings. The van der Waals surface area contributed by atoms with Crippen LogP contribution in [-0.4, -0.2) is 36.6 Å². The van der Waals surface area contributed by atoms with Gasteiger partial charge in [0.25, 0.3) is 5.56 Å². The summed E-state index contributed by atoms with van der Waals surface area (Å²) < 4.78 is 4.59. The van der Waals surface area contributed by atoms with Gasteiger partial charge in [0, 0.05) is 32.0 Å². The first-order valence-corrected chi connectivity index (χ1v) is 6.49. The molecule has 1 fully saturated rings. The molecule has 0 unspecified atom stereocenters. The number of nitrogens with one attached hydrogen (secondary N) is 1. The van der Waals surface area contributed by atoms with E-state index in [0.717, 1.165) is 18.7 Å². The van der Waals surface area contributed by atoms with Crippen LogP contribution in [0.4, 0.5) is 5.82 Å². The Morgan fingerprint density at radius 1 is 1.58 bits per heavy atom. The van der Waals surface area contributed by atoms with E-state index in [1.54, 1.807) is 0 Å². The number of rotatable bonds is 6. The third kappa shape index (κ3) is 3.81. The first-order chi connectivity index (χ1) is 9.10. The maximum atomic E-state index is 11.6. The van der Waals surface area contributed by atoms with Crippen LogP contribution < -0.4 is 10.5 Å². The Morgan fingerprint density at radius 3 is 2.95 bits per heavy atom. The van der Waals surface area contributed by atoms with Crippen LogP contribution in [0.1, 0.15) is 37.4 Å². The van der Waals surface area contributed by atoms with Crippen molar-refractivity contribution in [2.45, 2.75) is 31.6 Å². The van der Waals surface area contributed by atoms with E-state index < -0.39 is 0 Å². The number of anilines is 1. The number of carbonyl (C=O) groups is 1. The molecule has 1 N–H and O–H groups in total. The van der Waals surface area contributed by atoms with Gasteiger partial charge in [-0.3, -0.25) is 9.59 Å². The molecular formula is C13H19N3O3. The largest absolute Gasteiger partial charge is 0.469 e. The molecule has 0 spiro atoms. The van der Waals surface area contributed by atoms with Gasteiger partial charge in [0.15, 0.2) is 0 Å². The van der Waals surface area contributed by atoms with Crippen LogP contribution in [-0.2, 0) is 9.53 Å². The number of aromatic nitrogens is 2. The predicted molar refractivity (Wildman–Crippen MR) is 71.4 cm³/mol. The van der Waals surface area contributed by atoms with Crippen molar-refractivity contribution in [3.05, 3.63) is 22.2 Å². The molecule has 2 rings (SSSR count). The maximum Gasteiger partial charge on any atom is 0.305 e. The Hall–Kier alpha value is -1.85. The molecule has 1 aromatic heterocycles. The van der Waals surface area contributed by atoms with Crippen molar-refractivity contribution in [3.63, 3.8) is 0 Å². The third-order valence-corrected chi connectivity index (χ3v) is 3.20. The number of hydrogen-bond acceptors (Lipinski definition) is 5. The van der Waals surface area contributed by atoms with Crippen molar-refractivity contribution >= 4 is 11.8 Å². The molecule has 104 valence electrons. The van der Waals surface area contributed by atoms with Crippen LogP contribution >= 0.6 is 0 Å². The molecule has 0 saturated heterocycles. The van der Waals surface area contributed by atoms with E-state index in [4.69, 9.17) is 0 Å². The van der Waals surface area contributed by atoms with Crippen LogP contribution in [0.3, 0.4) is 0 Å². The maximum absolute atomic E-state index is 11.6. The van der Waals surface area contributed by atoms with E-state index in [-0.39, 0.29) is 11.5 Å². The summed E-state index contributed by atoms with van der Waals surface area (Å²) in [5, 5.41) is 0. The molecule has 0 bridgehead atoms. The minimum atomic E-state index is -0.217. The molecule has 1 saturated carbocycles. The summed E-state index contributed by atoms with van der Waals surface area (Å²) in [5.41, 5.74) is -0.119. The molecule has 1 aliphatic rings. The highest BCUT2D eigenvalue weighted by Crippen LogP contribution is 2.37. The van der Waals surface area contributed by atoms with Crippen molar-refractivity contribution in [3.8, 4) is 0 Å². The SMILES string of the molecule is COC(=O)CCCN(C)c1cc(=O)[nH]c(C2CC2)n1. The Kier molecular flexibility index (Phi) is 4.19. The van der Waals surface area contributed by atoms with Gasteiger partial charge in [0.1, 0.15) is 11.6 Å². The highest BCUT2D eigenvalue weighted by Gasteiger charge is 2.26. The fraction of sp³-hybridized carbons (Fsp3) is 0.615. The summed E-state index contributed by atoms with van der Waals surface area (Å²) in [6.07, 6.45) is 3.24. The second-order valence-electron chi connectivity index (χ2n) is 4.86. The average molecular weight is 265 g/mol. The second-order valence-corrected chi connectivity index (χ2v) is 4.86. The van der Waals surface area contributed by atoms with Crippen molar-refractivity contribution < 1.29 is 9.53 Å². The Labute approximate surface area is 111 Å². The van der Waals surface area contributed by atoms with Crippen LogP contribution in [0.5, 0.6) is 0 Å². The average Bonchev–Trinajstić information content (AvgIpc) is 3.21. The lowest BCUT2D eigenvalue weighted by atomic mass is 10.3. The van der Waals surface area contributed by atoms with E-state index in [1.165, 1.54) is 13.2 Å². The van der Waals surface area contributed by atoms with Gasteiger partial charge in [-0.05, 0) is 19.3 Å². The van der Waals surface area contributed by atoms with Gasteiger partial charge in [-0.2, -0.15) is 0 Å². The van der Waals surface area contributed by atoms with Crippen LogP contribution in [0.2, 0.25) is 0 Å². The molecule has 0 aromatic carbocycles. The number of methoxy groups -OCH3 is 1. The summed E-state index contributed by atoms with van der Waals surface area (Å²) in [4.78, 5) is 31.7.